The summed E-state index contributed by atoms with van der Waals surface area (Å²) in [7, 11) is 0. The Balaban J connectivity index is 1.70. The van der Waals surface area contributed by atoms with Crippen LogP contribution in [-0.4, -0.2) is 10.9 Å². The van der Waals surface area contributed by atoms with Crippen LogP contribution in [0.3, 0.4) is 0 Å². The predicted octanol–water partition coefficient (Wildman–Crippen LogP) is 6.92. The number of nitrogens with zero attached hydrogens (tertiary/aromatic N) is 1. The summed E-state index contributed by atoms with van der Waals surface area (Å²) in [6.07, 6.45) is 0. The lowest BCUT2D eigenvalue weighted by Gasteiger charge is -2.12. The molecule has 3 nitrogen and oxygen atoms in total. The van der Waals surface area contributed by atoms with Crippen LogP contribution in [0.2, 0.25) is 5.02 Å². The van der Waals surface area contributed by atoms with Crippen LogP contribution in [-0.2, 0) is 6.54 Å². The summed E-state index contributed by atoms with van der Waals surface area (Å²) in [5, 5.41) is 4.58. The first-order valence-corrected chi connectivity index (χ1v) is 10.8. The Labute approximate surface area is 188 Å². The van der Waals surface area contributed by atoms with E-state index in [1.54, 1.807) is 0 Å². The number of pyridine rings is 1. The molecule has 1 aromatic heterocycles. The number of benzene rings is 3. The second-order valence-corrected chi connectivity index (χ2v) is 8.60. The van der Waals surface area contributed by atoms with Gasteiger partial charge in [-0.05, 0) is 54.3 Å². The maximum absolute atomic E-state index is 13.2. The fourth-order valence-electron chi connectivity index (χ4n) is 3.59. The molecule has 4 rings (SSSR count). The highest BCUT2D eigenvalue weighted by Gasteiger charge is 2.14. The molecule has 0 radical (unpaired) electrons. The number of aryl methyl sites for hydroxylation is 1. The van der Waals surface area contributed by atoms with Crippen molar-refractivity contribution < 1.29 is 4.79 Å². The Bertz CT molecular complexity index is 1230. The molecule has 4 heteroatoms. The molecule has 0 aliphatic carbocycles. The zero-order chi connectivity index (χ0) is 22.0. The monoisotopic (exact) mass is 428 g/mol. The number of aromatic nitrogens is 1. The Morgan fingerprint density at radius 1 is 0.968 bits per heavy atom. The highest BCUT2D eigenvalue weighted by molar-refractivity contribution is 6.30. The number of fused-ring (bicyclic) bond motifs is 1. The average Bonchev–Trinajstić information content (AvgIpc) is 2.78. The van der Waals surface area contributed by atoms with Crippen LogP contribution in [0, 0.1) is 6.92 Å². The van der Waals surface area contributed by atoms with Gasteiger partial charge >= 0.3 is 0 Å². The molecule has 1 N–H and O–H groups in total. The van der Waals surface area contributed by atoms with Gasteiger partial charge < -0.3 is 5.32 Å². The molecule has 156 valence electrons. The first-order chi connectivity index (χ1) is 14.9. The second kappa shape index (κ2) is 8.91. The molecule has 0 aliphatic heterocycles. The standard InChI is InChI=1S/C27H25ClN2O/c1-17(2)20-7-9-21(10-8-20)26-15-24(23-14-18(3)4-13-25(23)30-26)27(31)29-16-19-5-11-22(28)12-6-19/h4-15,17H,16H2,1-3H3,(H,29,31). The molecule has 4 aromatic rings. The molecule has 0 atom stereocenters. The van der Waals surface area contributed by atoms with Crippen LogP contribution in [0.25, 0.3) is 22.2 Å². The second-order valence-electron chi connectivity index (χ2n) is 8.16. The van der Waals surface area contributed by atoms with E-state index in [0.717, 1.165) is 33.3 Å². The Morgan fingerprint density at radius 2 is 1.68 bits per heavy atom. The van der Waals surface area contributed by atoms with Crippen LogP contribution >= 0.6 is 11.6 Å². The normalized spacial score (nSPS) is 11.1. The molecular weight excluding hydrogens is 404 g/mol. The van der Waals surface area contributed by atoms with Gasteiger partial charge in [0.25, 0.3) is 5.91 Å². The lowest BCUT2D eigenvalue weighted by atomic mass is 9.98. The number of carbonyl (C=O) groups is 1. The first kappa shape index (κ1) is 21.1. The summed E-state index contributed by atoms with van der Waals surface area (Å²) in [6.45, 7) is 6.81. The van der Waals surface area contributed by atoms with Gasteiger partial charge in [-0.25, -0.2) is 4.98 Å². The molecular formula is C27H25ClN2O. The Kier molecular flexibility index (Phi) is 6.06. The zero-order valence-electron chi connectivity index (χ0n) is 17.9. The van der Waals surface area contributed by atoms with Gasteiger partial charge in [0.1, 0.15) is 0 Å². The number of hydrogen-bond acceptors (Lipinski definition) is 2. The van der Waals surface area contributed by atoms with Crippen molar-refractivity contribution in [3.63, 3.8) is 0 Å². The summed E-state index contributed by atoms with van der Waals surface area (Å²) >= 11 is 5.96. The molecule has 0 saturated carbocycles. The first-order valence-electron chi connectivity index (χ1n) is 10.4. The molecule has 0 saturated heterocycles. The van der Waals surface area contributed by atoms with Crippen molar-refractivity contribution in [1.29, 1.82) is 0 Å². The molecule has 1 heterocycles. The van der Waals surface area contributed by atoms with E-state index >= 15 is 0 Å². The largest absolute Gasteiger partial charge is 0.348 e. The van der Waals surface area contributed by atoms with E-state index in [-0.39, 0.29) is 5.91 Å². The molecule has 0 aliphatic rings. The van der Waals surface area contributed by atoms with E-state index in [4.69, 9.17) is 16.6 Å². The van der Waals surface area contributed by atoms with Crippen LogP contribution in [0.1, 0.15) is 46.8 Å². The molecule has 0 unspecified atom stereocenters. The summed E-state index contributed by atoms with van der Waals surface area (Å²) in [4.78, 5) is 18.0. The molecule has 0 spiro atoms. The van der Waals surface area contributed by atoms with E-state index in [1.165, 1.54) is 5.56 Å². The van der Waals surface area contributed by atoms with Crippen LogP contribution < -0.4 is 5.32 Å². The third-order valence-electron chi connectivity index (χ3n) is 5.45. The van der Waals surface area contributed by atoms with E-state index in [1.807, 2.05) is 55.5 Å². The Morgan fingerprint density at radius 3 is 2.35 bits per heavy atom. The van der Waals surface area contributed by atoms with Gasteiger partial charge in [-0.15, -0.1) is 0 Å². The molecule has 1 amide bonds. The minimum Gasteiger partial charge on any atom is -0.348 e. The smallest absolute Gasteiger partial charge is 0.252 e. The maximum Gasteiger partial charge on any atom is 0.252 e. The highest BCUT2D eigenvalue weighted by atomic mass is 35.5. The summed E-state index contributed by atoms with van der Waals surface area (Å²) in [5.41, 5.74) is 6.60. The van der Waals surface area contributed by atoms with Gasteiger partial charge in [0.15, 0.2) is 0 Å². The van der Waals surface area contributed by atoms with Crippen molar-refractivity contribution in [2.24, 2.45) is 0 Å². The zero-order valence-corrected chi connectivity index (χ0v) is 18.7. The van der Waals surface area contributed by atoms with Crippen LogP contribution in [0.15, 0.2) is 72.8 Å². The van der Waals surface area contributed by atoms with E-state index in [2.05, 4.69) is 43.4 Å². The van der Waals surface area contributed by atoms with Crippen molar-refractivity contribution in [1.82, 2.24) is 10.3 Å². The summed E-state index contributed by atoms with van der Waals surface area (Å²) in [5.74, 6) is 0.351. The lowest BCUT2D eigenvalue weighted by Crippen LogP contribution is -2.23. The van der Waals surface area contributed by atoms with Crippen molar-refractivity contribution in [3.05, 3.63) is 100 Å². The molecule has 0 bridgehead atoms. The van der Waals surface area contributed by atoms with Gasteiger partial charge in [0.05, 0.1) is 16.8 Å². The van der Waals surface area contributed by atoms with Gasteiger partial charge in [-0.2, -0.15) is 0 Å². The molecule has 31 heavy (non-hydrogen) atoms. The summed E-state index contributed by atoms with van der Waals surface area (Å²) in [6, 6.07) is 23.8. The van der Waals surface area contributed by atoms with Crippen molar-refractivity contribution in [3.8, 4) is 11.3 Å². The van der Waals surface area contributed by atoms with Crippen molar-refractivity contribution in [2.45, 2.75) is 33.2 Å². The number of amides is 1. The molecule has 0 fully saturated rings. The number of halogens is 1. The topological polar surface area (TPSA) is 42.0 Å². The van der Waals surface area contributed by atoms with Crippen LogP contribution in [0.4, 0.5) is 0 Å². The van der Waals surface area contributed by atoms with Crippen molar-refractivity contribution in [2.75, 3.05) is 0 Å². The maximum atomic E-state index is 13.2. The number of rotatable bonds is 5. The van der Waals surface area contributed by atoms with Gasteiger partial charge in [-0.1, -0.05) is 73.5 Å². The van der Waals surface area contributed by atoms with Gasteiger partial charge in [-0.3, -0.25) is 4.79 Å². The van der Waals surface area contributed by atoms with E-state index in [9.17, 15) is 4.79 Å². The highest BCUT2D eigenvalue weighted by Crippen LogP contribution is 2.27. The number of hydrogen-bond donors (Lipinski definition) is 1. The third-order valence-corrected chi connectivity index (χ3v) is 5.70. The van der Waals surface area contributed by atoms with E-state index in [0.29, 0.717) is 23.0 Å². The predicted molar refractivity (Wildman–Crippen MR) is 129 cm³/mol. The lowest BCUT2D eigenvalue weighted by molar-refractivity contribution is 0.0952. The van der Waals surface area contributed by atoms with Gasteiger partial charge in [0, 0.05) is 22.5 Å². The third kappa shape index (κ3) is 4.78. The van der Waals surface area contributed by atoms with E-state index < -0.39 is 0 Å². The quantitative estimate of drug-likeness (QED) is 0.375. The summed E-state index contributed by atoms with van der Waals surface area (Å²) < 4.78 is 0. The number of nitrogens with one attached hydrogen (secondary N) is 1. The minimum atomic E-state index is -0.118. The average molecular weight is 429 g/mol. The number of carbonyl (C=O) groups excluding carboxylic acids is 1. The van der Waals surface area contributed by atoms with Crippen molar-refractivity contribution >= 4 is 28.4 Å². The Hall–Kier alpha value is -3.17. The fourth-order valence-corrected chi connectivity index (χ4v) is 3.72. The fraction of sp³-hybridized carbons (Fsp3) is 0.185. The molecule has 3 aromatic carbocycles. The van der Waals surface area contributed by atoms with Crippen LogP contribution in [0.5, 0.6) is 0 Å². The SMILES string of the molecule is Cc1ccc2nc(-c3ccc(C(C)C)cc3)cc(C(=O)NCc3ccc(Cl)cc3)c2c1. The van der Waals surface area contributed by atoms with Gasteiger partial charge in [0.2, 0.25) is 0 Å². The minimum absolute atomic E-state index is 0.118.